The summed E-state index contributed by atoms with van der Waals surface area (Å²) in [5, 5.41) is 2.39. The quantitative estimate of drug-likeness (QED) is 0.658. The number of hydrogen-bond donors (Lipinski definition) is 1. The van der Waals surface area contributed by atoms with Crippen LogP contribution < -0.4 is 5.32 Å². The summed E-state index contributed by atoms with van der Waals surface area (Å²) in [7, 11) is 0. The van der Waals surface area contributed by atoms with Gasteiger partial charge in [0.05, 0.1) is 11.1 Å². The predicted octanol–water partition coefficient (Wildman–Crippen LogP) is 3.06. The van der Waals surface area contributed by atoms with Crippen LogP contribution in [0.4, 0.5) is 13.2 Å². The monoisotopic (exact) mass is 265 g/mol. The van der Waals surface area contributed by atoms with Gasteiger partial charge in [-0.3, -0.25) is 4.79 Å². The number of amides is 1. The molecule has 0 saturated heterocycles. The summed E-state index contributed by atoms with van der Waals surface area (Å²) in [6.07, 6.45) is -4.01. The lowest BCUT2D eigenvalue weighted by Gasteiger charge is -2.12. The average molecular weight is 266 g/mol. The fourth-order valence-corrected chi connectivity index (χ4v) is 1.43. The zero-order valence-corrected chi connectivity index (χ0v) is 9.61. The minimum absolute atomic E-state index is 0.258. The molecule has 94 valence electrons. The van der Waals surface area contributed by atoms with Crippen LogP contribution in [0.1, 0.15) is 22.3 Å². The maximum Gasteiger partial charge on any atom is 0.417 e. The van der Waals surface area contributed by atoms with Crippen molar-refractivity contribution in [2.24, 2.45) is 0 Å². The zero-order valence-electron chi connectivity index (χ0n) is 8.85. The second-order valence-electron chi connectivity index (χ2n) is 3.34. The highest BCUT2D eigenvalue weighted by Crippen LogP contribution is 2.31. The molecule has 1 aromatic carbocycles. The molecule has 1 N–H and O–H groups in total. The maximum atomic E-state index is 12.6. The molecule has 17 heavy (non-hydrogen) atoms. The normalized spacial score (nSPS) is 11.3. The Morgan fingerprint density at radius 2 is 1.94 bits per heavy atom. The highest BCUT2D eigenvalue weighted by molar-refractivity contribution is 6.17. The molecule has 0 fully saturated rings. The van der Waals surface area contributed by atoms with Crippen LogP contribution >= 0.6 is 11.6 Å². The van der Waals surface area contributed by atoms with Gasteiger partial charge in [-0.2, -0.15) is 13.2 Å². The molecule has 0 aliphatic rings. The first-order chi connectivity index (χ1) is 7.96. The summed E-state index contributed by atoms with van der Waals surface area (Å²) in [6.45, 7) is 0.258. The Morgan fingerprint density at radius 3 is 2.53 bits per heavy atom. The number of hydrogen-bond acceptors (Lipinski definition) is 1. The van der Waals surface area contributed by atoms with Crippen LogP contribution in [-0.4, -0.2) is 18.3 Å². The molecule has 0 radical (unpaired) electrons. The van der Waals surface area contributed by atoms with Crippen molar-refractivity contribution in [2.75, 3.05) is 12.4 Å². The van der Waals surface area contributed by atoms with Crippen LogP contribution in [0.25, 0.3) is 0 Å². The van der Waals surface area contributed by atoms with Crippen LogP contribution in [0.3, 0.4) is 0 Å². The van der Waals surface area contributed by atoms with Crippen molar-refractivity contribution >= 4 is 17.5 Å². The molecular weight excluding hydrogens is 255 g/mol. The van der Waals surface area contributed by atoms with Gasteiger partial charge in [-0.15, -0.1) is 11.6 Å². The van der Waals surface area contributed by atoms with Gasteiger partial charge in [0.1, 0.15) is 0 Å². The second-order valence-corrected chi connectivity index (χ2v) is 3.72. The molecule has 0 unspecified atom stereocenters. The lowest BCUT2D eigenvalue weighted by Crippen LogP contribution is -2.27. The number of rotatable bonds is 4. The molecule has 0 aliphatic heterocycles. The van der Waals surface area contributed by atoms with Gasteiger partial charge < -0.3 is 5.32 Å². The molecule has 0 aromatic heterocycles. The Bertz CT molecular complexity index is 393. The Balaban J connectivity index is 2.86. The lowest BCUT2D eigenvalue weighted by atomic mass is 10.1. The van der Waals surface area contributed by atoms with E-state index in [0.717, 1.165) is 12.1 Å². The minimum atomic E-state index is -4.53. The molecule has 1 amide bonds. The summed E-state index contributed by atoms with van der Waals surface area (Å²) in [5.41, 5.74) is -1.29. The molecular formula is C11H11ClF3NO. The fraction of sp³-hybridized carbons (Fsp3) is 0.364. The molecule has 6 heteroatoms. The van der Waals surface area contributed by atoms with Crippen LogP contribution in [-0.2, 0) is 6.18 Å². The van der Waals surface area contributed by atoms with Crippen LogP contribution in [0.2, 0.25) is 0 Å². The molecule has 1 aromatic rings. The van der Waals surface area contributed by atoms with E-state index in [-0.39, 0.29) is 12.1 Å². The third-order valence-corrected chi connectivity index (χ3v) is 2.34. The molecule has 0 aliphatic carbocycles. The average Bonchev–Trinajstić information content (AvgIpc) is 2.28. The smallest absolute Gasteiger partial charge is 0.352 e. The van der Waals surface area contributed by atoms with Gasteiger partial charge >= 0.3 is 6.18 Å². The summed E-state index contributed by atoms with van der Waals surface area (Å²) in [4.78, 5) is 11.5. The standard InChI is InChI=1S/C11H11ClF3NO/c12-6-3-7-16-10(17)8-4-1-2-5-9(8)11(13,14)15/h1-2,4-5H,3,6-7H2,(H,16,17). The first kappa shape index (κ1) is 13.8. The van der Waals surface area contributed by atoms with Crippen LogP contribution in [0.15, 0.2) is 24.3 Å². The van der Waals surface area contributed by atoms with E-state index in [1.165, 1.54) is 12.1 Å². The second kappa shape index (κ2) is 5.91. The maximum absolute atomic E-state index is 12.6. The van der Waals surface area contributed by atoms with E-state index in [2.05, 4.69) is 5.32 Å². The van der Waals surface area contributed by atoms with Crippen molar-refractivity contribution in [3.05, 3.63) is 35.4 Å². The van der Waals surface area contributed by atoms with Gasteiger partial charge in [-0.05, 0) is 18.6 Å². The SMILES string of the molecule is O=C(NCCCCl)c1ccccc1C(F)(F)F. The summed E-state index contributed by atoms with van der Waals surface area (Å²) in [6, 6.07) is 4.68. The lowest BCUT2D eigenvalue weighted by molar-refractivity contribution is -0.137. The van der Waals surface area contributed by atoms with Crippen molar-refractivity contribution in [3.63, 3.8) is 0 Å². The number of benzene rings is 1. The van der Waals surface area contributed by atoms with E-state index in [1.807, 2.05) is 0 Å². The summed E-state index contributed by atoms with van der Waals surface area (Å²) < 4.78 is 37.8. The van der Waals surface area contributed by atoms with Gasteiger partial charge in [-0.25, -0.2) is 0 Å². The number of nitrogens with one attached hydrogen (secondary N) is 1. The molecule has 1 rings (SSSR count). The Kier molecular flexibility index (Phi) is 4.81. The fourth-order valence-electron chi connectivity index (χ4n) is 1.29. The van der Waals surface area contributed by atoms with Gasteiger partial charge in [0.15, 0.2) is 0 Å². The molecule has 2 nitrogen and oxygen atoms in total. The topological polar surface area (TPSA) is 29.1 Å². The van der Waals surface area contributed by atoms with E-state index in [4.69, 9.17) is 11.6 Å². The van der Waals surface area contributed by atoms with Crippen LogP contribution in [0.5, 0.6) is 0 Å². The summed E-state index contributed by atoms with van der Waals surface area (Å²) in [5.74, 6) is -0.385. The third kappa shape index (κ3) is 3.93. The highest BCUT2D eigenvalue weighted by atomic mass is 35.5. The largest absolute Gasteiger partial charge is 0.417 e. The molecule has 0 heterocycles. The van der Waals surface area contributed by atoms with Crippen molar-refractivity contribution in [1.82, 2.24) is 5.32 Å². The van der Waals surface area contributed by atoms with Gasteiger partial charge in [0.2, 0.25) is 0 Å². The molecule has 0 saturated carbocycles. The number of carbonyl (C=O) groups excluding carboxylic acids is 1. The minimum Gasteiger partial charge on any atom is -0.352 e. The zero-order chi connectivity index (χ0) is 12.9. The van der Waals surface area contributed by atoms with Gasteiger partial charge in [0.25, 0.3) is 5.91 Å². The third-order valence-electron chi connectivity index (χ3n) is 2.07. The van der Waals surface area contributed by atoms with E-state index in [1.54, 1.807) is 0 Å². The predicted molar refractivity (Wildman–Crippen MR) is 59.1 cm³/mol. The summed E-state index contributed by atoms with van der Waals surface area (Å²) >= 11 is 5.40. The van der Waals surface area contributed by atoms with E-state index < -0.39 is 17.6 Å². The molecule has 0 atom stereocenters. The van der Waals surface area contributed by atoms with Crippen molar-refractivity contribution in [2.45, 2.75) is 12.6 Å². The number of alkyl halides is 4. The molecule has 0 bridgehead atoms. The Morgan fingerprint density at radius 1 is 1.29 bits per heavy atom. The Labute approximate surface area is 102 Å². The highest BCUT2D eigenvalue weighted by Gasteiger charge is 2.34. The van der Waals surface area contributed by atoms with Gasteiger partial charge in [0, 0.05) is 12.4 Å². The molecule has 0 spiro atoms. The first-order valence-electron chi connectivity index (χ1n) is 4.97. The van der Waals surface area contributed by atoms with Crippen molar-refractivity contribution < 1.29 is 18.0 Å². The van der Waals surface area contributed by atoms with E-state index in [9.17, 15) is 18.0 Å². The van der Waals surface area contributed by atoms with Crippen molar-refractivity contribution in [3.8, 4) is 0 Å². The van der Waals surface area contributed by atoms with Gasteiger partial charge in [-0.1, -0.05) is 12.1 Å². The number of carbonyl (C=O) groups is 1. The van der Waals surface area contributed by atoms with E-state index >= 15 is 0 Å². The number of halogens is 4. The Hall–Kier alpha value is -1.23. The van der Waals surface area contributed by atoms with Crippen molar-refractivity contribution in [1.29, 1.82) is 0 Å². The van der Waals surface area contributed by atoms with E-state index in [0.29, 0.717) is 12.3 Å². The first-order valence-corrected chi connectivity index (χ1v) is 5.50. The van der Waals surface area contributed by atoms with Crippen LogP contribution in [0, 0.1) is 0 Å².